The molecule has 1 aromatic carbocycles. The van der Waals surface area contributed by atoms with Gasteiger partial charge in [0.15, 0.2) is 5.65 Å². The number of nitrogens with zero attached hydrogens (tertiary/aromatic N) is 6. The summed E-state index contributed by atoms with van der Waals surface area (Å²) in [6, 6.07) is 14.3. The van der Waals surface area contributed by atoms with Crippen LogP contribution in [0.2, 0.25) is 0 Å². The number of fused-ring (bicyclic) bond motifs is 2. The Balaban J connectivity index is 1.19. The van der Waals surface area contributed by atoms with Crippen LogP contribution in [0.5, 0.6) is 5.75 Å². The van der Waals surface area contributed by atoms with Crippen molar-refractivity contribution in [3.05, 3.63) is 65.5 Å². The number of carbonyl (C=O) groups is 1. The van der Waals surface area contributed by atoms with Gasteiger partial charge in [-0.05, 0) is 69.2 Å². The van der Waals surface area contributed by atoms with Gasteiger partial charge in [0, 0.05) is 23.6 Å². The number of urea groups is 1. The Labute approximate surface area is 258 Å². The summed E-state index contributed by atoms with van der Waals surface area (Å²) in [6.45, 7) is 11.0. The second kappa shape index (κ2) is 12.1. The maximum Gasteiger partial charge on any atom is 0.320 e. The first kappa shape index (κ1) is 29.9. The largest absolute Gasteiger partial charge is 0.484 e. The van der Waals surface area contributed by atoms with Crippen molar-refractivity contribution in [2.24, 2.45) is 0 Å². The van der Waals surface area contributed by atoms with Gasteiger partial charge in [0.1, 0.15) is 17.7 Å². The van der Waals surface area contributed by atoms with E-state index in [2.05, 4.69) is 77.6 Å². The Kier molecular flexibility index (Phi) is 8.24. The van der Waals surface area contributed by atoms with Crippen LogP contribution in [0.25, 0.3) is 5.65 Å². The lowest BCUT2D eigenvalue weighted by Gasteiger charge is -2.39. The first-order valence-corrected chi connectivity index (χ1v) is 15.8. The molecule has 1 unspecified atom stereocenters. The van der Waals surface area contributed by atoms with Gasteiger partial charge in [0.25, 0.3) is 0 Å². The van der Waals surface area contributed by atoms with Crippen molar-refractivity contribution < 1.29 is 14.6 Å². The van der Waals surface area contributed by atoms with Crippen molar-refractivity contribution in [3.8, 4) is 5.75 Å². The number of aromatic nitrogens is 5. The predicted octanol–water partition coefficient (Wildman–Crippen LogP) is 5.76. The number of hydrogen-bond acceptors (Lipinski definition) is 7. The number of anilines is 2. The monoisotopic (exact) mass is 600 g/mol. The van der Waals surface area contributed by atoms with E-state index in [9.17, 15) is 9.90 Å². The van der Waals surface area contributed by atoms with E-state index in [0.29, 0.717) is 24.4 Å². The number of nitrogens with one attached hydrogen (secondary N) is 2. The lowest BCUT2D eigenvalue weighted by Crippen LogP contribution is -2.44. The van der Waals surface area contributed by atoms with Crippen LogP contribution in [0.15, 0.2) is 48.7 Å². The normalized spacial score (nSPS) is 22.1. The molecule has 1 saturated heterocycles. The smallest absolute Gasteiger partial charge is 0.320 e. The Bertz CT molecular complexity index is 1610. The number of aliphatic hydroxyl groups is 1. The van der Waals surface area contributed by atoms with Gasteiger partial charge in [-0.1, -0.05) is 45.0 Å². The number of piperidine rings is 1. The van der Waals surface area contributed by atoms with Crippen molar-refractivity contribution in [3.63, 3.8) is 0 Å². The molecule has 4 aromatic rings. The van der Waals surface area contributed by atoms with Crippen LogP contribution < -0.4 is 20.3 Å². The van der Waals surface area contributed by atoms with Crippen LogP contribution in [-0.2, 0) is 12.0 Å². The summed E-state index contributed by atoms with van der Waals surface area (Å²) >= 11 is 0. The number of carbonyl (C=O) groups excluding carboxylic acids is 1. The number of aliphatic hydroxyl groups excluding tert-OH is 1. The van der Waals surface area contributed by atoms with Crippen molar-refractivity contribution >= 4 is 23.4 Å². The van der Waals surface area contributed by atoms with Crippen LogP contribution in [0.4, 0.5) is 16.6 Å². The van der Waals surface area contributed by atoms with Crippen LogP contribution in [-0.4, -0.2) is 54.2 Å². The van der Waals surface area contributed by atoms with E-state index in [-0.39, 0.29) is 30.2 Å². The number of amides is 2. The summed E-state index contributed by atoms with van der Waals surface area (Å²) in [7, 11) is 0. The molecule has 3 aromatic heterocycles. The second-order valence-electron chi connectivity index (χ2n) is 13.2. The molecular weight excluding hydrogens is 556 g/mol. The van der Waals surface area contributed by atoms with Crippen LogP contribution in [0, 0.1) is 0 Å². The zero-order valence-electron chi connectivity index (χ0n) is 26.3. The third-order valence-corrected chi connectivity index (χ3v) is 8.90. The molecule has 234 valence electrons. The molecule has 11 heteroatoms. The van der Waals surface area contributed by atoms with E-state index in [1.165, 1.54) is 6.42 Å². The minimum Gasteiger partial charge on any atom is -0.484 e. The molecule has 0 radical (unpaired) electrons. The van der Waals surface area contributed by atoms with E-state index in [1.807, 2.05) is 40.9 Å². The first-order valence-electron chi connectivity index (χ1n) is 15.8. The van der Waals surface area contributed by atoms with E-state index < -0.39 is 0 Å². The molecule has 1 aliphatic heterocycles. The lowest BCUT2D eigenvalue weighted by atomic mass is 9.85. The summed E-state index contributed by atoms with van der Waals surface area (Å²) in [6.07, 6.45) is 6.83. The summed E-state index contributed by atoms with van der Waals surface area (Å²) in [5.41, 5.74) is 3.56. The average Bonchev–Trinajstić information content (AvgIpc) is 3.58. The van der Waals surface area contributed by atoms with E-state index in [0.717, 1.165) is 59.8 Å². The summed E-state index contributed by atoms with van der Waals surface area (Å²) < 4.78 is 10.3. The highest BCUT2D eigenvalue weighted by molar-refractivity contribution is 5.88. The fourth-order valence-electron chi connectivity index (χ4n) is 6.57. The minimum atomic E-state index is -0.310. The number of ether oxygens (including phenoxy) is 1. The number of hydrogen-bond donors (Lipinski definition) is 3. The van der Waals surface area contributed by atoms with Gasteiger partial charge in [0.2, 0.25) is 5.95 Å². The maximum atomic E-state index is 13.2. The minimum absolute atomic E-state index is 0.0684. The van der Waals surface area contributed by atoms with Gasteiger partial charge < -0.3 is 20.1 Å². The molecule has 6 rings (SSSR count). The Morgan fingerprint density at radius 1 is 1.02 bits per heavy atom. The number of benzene rings is 1. The van der Waals surface area contributed by atoms with Gasteiger partial charge in [0.05, 0.1) is 31.1 Å². The third-order valence-electron chi connectivity index (χ3n) is 8.90. The van der Waals surface area contributed by atoms with Crippen molar-refractivity contribution in [2.75, 3.05) is 16.8 Å². The molecule has 1 fully saturated rings. The van der Waals surface area contributed by atoms with Gasteiger partial charge in [-0.3, -0.25) is 9.72 Å². The highest BCUT2D eigenvalue weighted by Gasteiger charge is 2.31. The molecule has 1 aliphatic carbocycles. The van der Waals surface area contributed by atoms with Gasteiger partial charge in [-0.2, -0.15) is 5.10 Å². The van der Waals surface area contributed by atoms with Gasteiger partial charge in [-0.25, -0.2) is 9.48 Å². The second-order valence-corrected chi connectivity index (χ2v) is 13.2. The van der Waals surface area contributed by atoms with Crippen LogP contribution in [0.3, 0.4) is 0 Å². The summed E-state index contributed by atoms with van der Waals surface area (Å²) in [5, 5.41) is 29.2. The van der Waals surface area contributed by atoms with E-state index in [1.54, 1.807) is 4.68 Å². The quantitative estimate of drug-likeness (QED) is 0.247. The molecule has 4 atom stereocenters. The van der Waals surface area contributed by atoms with Crippen molar-refractivity contribution in [1.29, 1.82) is 0 Å². The van der Waals surface area contributed by atoms with Gasteiger partial charge in [-0.15, -0.1) is 10.2 Å². The molecule has 44 heavy (non-hydrogen) atoms. The number of pyridine rings is 1. The molecule has 2 aliphatic rings. The zero-order valence-corrected chi connectivity index (χ0v) is 26.3. The van der Waals surface area contributed by atoms with E-state index in [4.69, 9.17) is 4.74 Å². The molecule has 3 N–H and O–H groups in total. The molecule has 0 saturated carbocycles. The van der Waals surface area contributed by atoms with Crippen molar-refractivity contribution in [1.82, 2.24) is 29.7 Å². The molecular formula is C33H44N8O3. The van der Waals surface area contributed by atoms with Gasteiger partial charge >= 0.3 is 6.03 Å². The number of rotatable bonds is 7. The fourth-order valence-corrected chi connectivity index (χ4v) is 6.57. The summed E-state index contributed by atoms with van der Waals surface area (Å²) in [4.78, 5) is 15.6. The highest BCUT2D eigenvalue weighted by Crippen LogP contribution is 2.39. The molecule has 2 amide bonds. The average molecular weight is 601 g/mol. The Hall–Kier alpha value is -4.12. The lowest BCUT2D eigenvalue weighted by molar-refractivity contribution is 0.171. The standard InChI is InChI=1S/C33H44N8O3/c1-21-9-8-10-22(2)41(21)32-37-36-29-16-13-23(20-39(29)32)44-27-15-14-26(24-11-6-7-12-25(24)27)34-31(43)35-30-19-28(33(3,4)5)38-40(30)17-18-42/h6-7,11-13,16,19-22,26-27,42H,8-10,14-15,17-18H2,1-5H3,(H2,34,35,43)/t21-,22+,26?,27-/m1/s1. The Morgan fingerprint density at radius 2 is 1.77 bits per heavy atom. The van der Waals surface area contributed by atoms with Crippen LogP contribution >= 0.6 is 0 Å². The molecule has 0 bridgehead atoms. The summed E-state index contributed by atoms with van der Waals surface area (Å²) in [5.74, 6) is 2.18. The zero-order chi connectivity index (χ0) is 31.0. The molecule has 0 spiro atoms. The van der Waals surface area contributed by atoms with Crippen LogP contribution in [0.1, 0.15) is 95.7 Å². The first-order chi connectivity index (χ1) is 21.1. The Morgan fingerprint density at radius 3 is 2.50 bits per heavy atom. The molecule has 4 heterocycles. The van der Waals surface area contributed by atoms with Crippen molar-refractivity contribution in [2.45, 2.75) is 103 Å². The predicted molar refractivity (Wildman–Crippen MR) is 170 cm³/mol. The third kappa shape index (κ3) is 5.97. The SMILES string of the molecule is C[C@@H]1CCC[C@H](C)N1c1nnc2ccc(O[C@@H]3CCC(NC(=O)Nc4cc(C(C)(C)C)nn4CCO)c4ccccc43)cn12. The molecule has 11 nitrogen and oxygen atoms in total. The highest BCUT2D eigenvalue weighted by atomic mass is 16.5. The maximum absolute atomic E-state index is 13.2. The topological polar surface area (TPSA) is 122 Å². The fraction of sp³-hybridized carbons (Fsp3) is 0.515. The van der Waals surface area contributed by atoms with E-state index >= 15 is 0 Å².